The zero-order valence-corrected chi connectivity index (χ0v) is 14.9. The average molecular weight is 391 g/mol. The van der Waals surface area contributed by atoms with E-state index in [1.807, 2.05) is 12.1 Å². The van der Waals surface area contributed by atoms with Crippen molar-refractivity contribution < 1.29 is 18.3 Å². The molecule has 9 heteroatoms. The first-order valence-electron chi connectivity index (χ1n) is 9.15. The first kappa shape index (κ1) is 18.5. The molecule has 1 aromatic carbocycles. The molecule has 2 aromatic heterocycles. The number of halogens is 3. The number of alkyl halides is 3. The summed E-state index contributed by atoms with van der Waals surface area (Å²) in [6.07, 6.45) is -1.05. The van der Waals surface area contributed by atoms with E-state index < -0.39 is 17.8 Å². The number of aliphatic hydroxyl groups excluding tert-OH is 1. The summed E-state index contributed by atoms with van der Waals surface area (Å²) in [4.78, 5) is 4.37. The maximum absolute atomic E-state index is 12.7. The van der Waals surface area contributed by atoms with Crippen LogP contribution in [0.1, 0.15) is 31.2 Å². The molecule has 0 bridgehead atoms. The number of nitrogens with one attached hydrogen (secondary N) is 2. The summed E-state index contributed by atoms with van der Waals surface area (Å²) in [7, 11) is 0. The maximum atomic E-state index is 12.7. The predicted octanol–water partition coefficient (Wildman–Crippen LogP) is 4.21. The van der Waals surface area contributed by atoms with E-state index in [2.05, 4.69) is 20.7 Å². The number of anilines is 3. The van der Waals surface area contributed by atoms with Gasteiger partial charge in [-0.1, -0.05) is 18.9 Å². The minimum Gasteiger partial charge on any atom is -0.391 e. The second-order valence-electron chi connectivity index (χ2n) is 6.92. The third-order valence-corrected chi connectivity index (χ3v) is 4.89. The van der Waals surface area contributed by atoms with Crippen LogP contribution in [0.4, 0.5) is 30.6 Å². The van der Waals surface area contributed by atoms with Gasteiger partial charge in [0.1, 0.15) is 5.82 Å². The Bertz CT molecular complexity index is 954. The average Bonchev–Trinajstić information content (AvgIpc) is 3.07. The summed E-state index contributed by atoms with van der Waals surface area (Å²) in [6.45, 7) is 0. The Hall–Kier alpha value is -2.81. The molecular formula is C19H20F3N5O. The second-order valence-corrected chi connectivity index (χ2v) is 6.92. The van der Waals surface area contributed by atoms with Crippen molar-refractivity contribution in [3.05, 3.63) is 48.0 Å². The van der Waals surface area contributed by atoms with E-state index in [9.17, 15) is 18.3 Å². The molecule has 2 atom stereocenters. The number of aromatic nitrogens is 3. The van der Waals surface area contributed by atoms with Crippen molar-refractivity contribution in [2.45, 2.75) is 44.0 Å². The van der Waals surface area contributed by atoms with Gasteiger partial charge >= 0.3 is 6.18 Å². The lowest BCUT2D eigenvalue weighted by molar-refractivity contribution is -0.137. The number of hydrogen-bond donors (Lipinski definition) is 3. The summed E-state index contributed by atoms with van der Waals surface area (Å²) in [5.74, 6) is 0.981. The molecule has 0 saturated heterocycles. The molecule has 0 radical (unpaired) electrons. The summed E-state index contributed by atoms with van der Waals surface area (Å²) in [6, 6.07) is 10.1. The summed E-state index contributed by atoms with van der Waals surface area (Å²) >= 11 is 0. The summed E-state index contributed by atoms with van der Waals surface area (Å²) in [5, 5.41) is 20.8. The molecule has 1 aliphatic rings. The number of nitrogens with zero attached hydrogens (tertiary/aromatic N) is 3. The topological polar surface area (TPSA) is 74.5 Å². The standard InChI is InChI=1S/C19H20F3N5O/c20-19(21,22)12-8-10-13(11-9-12)23-18-25-17-7-3-6-16(27(17)26-18)24-14-4-1-2-5-15(14)28/h3,6-11,14-15,24,28H,1-2,4-5H2,(H,23,26)/t14-,15-/m1/s1. The number of pyridine rings is 1. The molecule has 2 heterocycles. The normalized spacial score (nSPS) is 20.3. The van der Waals surface area contributed by atoms with E-state index in [4.69, 9.17) is 0 Å². The third-order valence-electron chi connectivity index (χ3n) is 4.89. The zero-order valence-electron chi connectivity index (χ0n) is 14.9. The lowest BCUT2D eigenvalue weighted by Crippen LogP contribution is -2.36. The van der Waals surface area contributed by atoms with E-state index in [0.29, 0.717) is 17.2 Å². The van der Waals surface area contributed by atoms with E-state index >= 15 is 0 Å². The highest BCUT2D eigenvalue weighted by atomic mass is 19.4. The van der Waals surface area contributed by atoms with Crippen LogP contribution in [0.3, 0.4) is 0 Å². The first-order valence-corrected chi connectivity index (χ1v) is 9.15. The highest BCUT2D eigenvalue weighted by Gasteiger charge is 2.30. The molecule has 4 rings (SSSR count). The molecule has 0 spiro atoms. The summed E-state index contributed by atoms with van der Waals surface area (Å²) < 4.78 is 39.7. The largest absolute Gasteiger partial charge is 0.416 e. The van der Waals surface area contributed by atoms with Crippen molar-refractivity contribution in [3.8, 4) is 0 Å². The van der Waals surface area contributed by atoms with Crippen LogP contribution < -0.4 is 10.6 Å². The van der Waals surface area contributed by atoms with Gasteiger partial charge in [0.25, 0.3) is 0 Å². The molecule has 0 amide bonds. The highest BCUT2D eigenvalue weighted by Crippen LogP contribution is 2.30. The van der Waals surface area contributed by atoms with Crippen LogP contribution in [0.5, 0.6) is 0 Å². The minimum atomic E-state index is -4.37. The van der Waals surface area contributed by atoms with Crippen molar-refractivity contribution in [1.82, 2.24) is 14.6 Å². The number of aliphatic hydroxyl groups is 1. The minimum absolute atomic E-state index is 0.0464. The van der Waals surface area contributed by atoms with Gasteiger partial charge in [0.2, 0.25) is 5.95 Å². The molecule has 3 aromatic rings. The van der Waals surface area contributed by atoms with Crippen LogP contribution in [0.25, 0.3) is 5.65 Å². The van der Waals surface area contributed by atoms with Gasteiger partial charge in [-0.15, -0.1) is 5.10 Å². The van der Waals surface area contributed by atoms with Gasteiger partial charge in [-0.25, -0.2) is 0 Å². The fourth-order valence-electron chi connectivity index (χ4n) is 3.41. The maximum Gasteiger partial charge on any atom is 0.416 e. The van der Waals surface area contributed by atoms with E-state index in [0.717, 1.165) is 37.8 Å². The Morgan fingerprint density at radius 1 is 1.04 bits per heavy atom. The van der Waals surface area contributed by atoms with Crippen LogP contribution in [0.15, 0.2) is 42.5 Å². The molecule has 6 nitrogen and oxygen atoms in total. The Balaban J connectivity index is 1.54. The lowest BCUT2D eigenvalue weighted by Gasteiger charge is -2.29. The molecule has 1 aliphatic carbocycles. The van der Waals surface area contributed by atoms with Crippen LogP contribution in [-0.4, -0.2) is 31.9 Å². The predicted molar refractivity (Wildman–Crippen MR) is 99.6 cm³/mol. The molecule has 1 saturated carbocycles. The van der Waals surface area contributed by atoms with Crippen molar-refractivity contribution in [2.75, 3.05) is 10.6 Å². The Morgan fingerprint density at radius 3 is 2.50 bits per heavy atom. The lowest BCUT2D eigenvalue weighted by atomic mass is 9.92. The number of fused-ring (bicyclic) bond motifs is 1. The van der Waals surface area contributed by atoms with Crippen LogP contribution in [0.2, 0.25) is 0 Å². The van der Waals surface area contributed by atoms with Crippen molar-refractivity contribution in [1.29, 1.82) is 0 Å². The molecule has 28 heavy (non-hydrogen) atoms. The van der Waals surface area contributed by atoms with Crippen LogP contribution in [0, 0.1) is 0 Å². The van der Waals surface area contributed by atoms with Gasteiger partial charge in [0.05, 0.1) is 17.7 Å². The quantitative estimate of drug-likeness (QED) is 0.621. The summed E-state index contributed by atoms with van der Waals surface area (Å²) in [5.41, 5.74) is 0.337. The van der Waals surface area contributed by atoms with Crippen molar-refractivity contribution in [3.63, 3.8) is 0 Å². The van der Waals surface area contributed by atoms with Gasteiger partial charge in [0.15, 0.2) is 5.65 Å². The second kappa shape index (κ2) is 7.31. The zero-order chi connectivity index (χ0) is 19.7. The smallest absolute Gasteiger partial charge is 0.391 e. The molecule has 1 fully saturated rings. The third kappa shape index (κ3) is 3.89. The number of benzene rings is 1. The van der Waals surface area contributed by atoms with Gasteiger partial charge < -0.3 is 15.7 Å². The van der Waals surface area contributed by atoms with Crippen molar-refractivity contribution in [2.24, 2.45) is 0 Å². The van der Waals surface area contributed by atoms with Crippen LogP contribution >= 0.6 is 0 Å². The molecule has 148 valence electrons. The van der Waals surface area contributed by atoms with E-state index in [1.54, 1.807) is 10.6 Å². The molecule has 0 unspecified atom stereocenters. The van der Waals surface area contributed by atoms with Gasteiger partial charge in [-0.3, -0.25) is 0 Å². The molecule has 0 aliphatic heterocycles. The number of hydrogen-bond acceptors (Lipinski definition) is 5. The fourth-order valence-corrected chi connectivity index (χ4v) is 3.41. The number of rotatable bonds is 4. The van der Waals surface area contributed by atoms with Crippen LogP contribution in [-0.2, 0) is 6.18 Å². The van der Waals surface area contributed by atoms with Crippen molar-refractivity contribution >= 4 is 23.1 Å². The Labute approximate surface area is 159 Å². The van der Waals surface area contributed by atoms with E-state index in [-0.39, 0.29) is 12.0 Å². The van der Waals surface area contributed by atoms with Gasteiger partial charge in [0, 0.05) is 5.69 Å². The SMILES string of the molecule is O[C@@H]1CCCC[C@H]1Nc1cccc2nc(Nc3ccc(C(F)(F)F)cc3)nn12. The van der Waals surface area contributed by atoms with E-state index in [1.165, 1.54) is 12.1 Å². The fraction of sp³-hybridized carbons (Fsp3) is 0.368. The first-order chi connectivity index (χ1) is 13.4. The van der Waals surface area contributed by atoms with Gasteiger partial charge in [-0.2, -0.15) is 22.7 Å². The molecular weight excluding hydrogens is 371 g/mol. The van der Waals surface area contributed by atoms with Gasteiger partial charge in [-0.05, 0) is 49.2 Å². The molecule has 3 N–H and O–H groups in total. The monoisotopic (exact) mass is 391 g/mol. The Kier molecular flexibility index (Phi) is 4.84. The Morgan fingerprint density at radius 2 is 1.79 bits per heavy atom. The highest BCUT2D eigenvalue weighted by molar-refractivity contribution is 5.58.